The number of anilines is 1. The zero-order valence-electron chi connectivity index (χ0n) is 35.5. The van der Waals surface area contributed by atoms with Crippen LogP contribution in [0.15, 0.2) is 158 Å². The quantitative estimate of drug-likeness (QED) is 0.0923. The van der Waals surface area contributed by atoms with Gasteiger partial charge in [-0.15, -0.1) is 0 Å². The molecule has 3 amide bonds. The minimum absolute atomic E-state index is 0.0281. The Bertz CT molecular complexity index is 2790. The SMILES string of the molecule is COc1ccc(C#Cc2ccc3c(c2)[C@]2(C(=O)N3C(=O)N[C@H](C)c3ccccc3)[C@H](c3ccc(OCCO)cc3)N3[C@H](c4ccccc4)[C@H](c4ccccc4)OC(=O)[C@H]3[C@@H]2C(=O)O)cc1. The molecule has 3 aliphatic heterocycles. The van der Waals surface area contributed by atoms with Crippen molar-refractivity contribution in [2.75, 3.05) is 25.2 Å². The van der Waals surface area contributed by atoms with Crippen molar-refractivity contribution in [3.05, 3.63) is 197 Å². The molecule has 3 aliphatic rings. The van der Waals surface area contributed by atoms with Gasteiger partial charge in [-0.3, -0.25) is 19.3 Å². The van der Waals surface area contributed by atoms with Crippen LogP contribution < -0.4 is 19.7 Å². The van der Waals surface area contributed by atoms with Gasteiger partial charge in [-0.25, -0.2) is 9.69 Å². The molecule has 7 atom stereocenters. The van der Waals surface area contributed by atoms with Gasteiger partial charge >= 0.3 is 18.0 Å². The van der Waals surface area contributed by atoms with Gasteiger partial charge in [-0.2, -0.15) is 0 Å². The van der Waals surface area contributed by atoms with Gasteiger partial charge in [0.25, 0.3) is 0 Å². The van der Waals surface area contributed by atoms with Gasteiger partial charge in [0, 0.05) is 11.1 Å². The summed E-state index contributed by atoms with van der Waals surface area (Å²) in [6.45, 7) is 1.60. The van der Waals surface area contributed by atoms with Crippen molar-refractivity contribution in [3.8, 4) is 23.3 Å². The third-order valence-corrected chi connectivity index (χ3v) is 12.6. The van der Waals surface area contributed by atoms with Crippen LogP contribution in [-0.4, -0.2) is 65.4 Å². The number of benzene rings is 6. The fraction of sp³-hybridized carbons (Fsp3) is 0.208. The van der Waals surface area contributed by atoms with Gasteiger partial charge in [0.05, 0.1) is 37.5 Å². The lowest BCUT2D eigenvalue weighted by atomic mass is 9.65. The Morgan fingerprint density at radius 2 is 1.35 bits per heavy atom. The molecule has 12 heteroatoms. The van der Waals surface area contributed by atoms with Crippen LogP contribution in [0.3, 0.4) is 0 Å². The predicted molar refractivity (Wildman–Crippen MR) is 241 cm³/mol. The number of aliphatic hydroxyl groups excluding tert-OH is 1. The van der Waals surface area contributed by atoms with E-state index in [9.17, 15) is 24.6 Å². The second-order valence-corrected chi connectivity index (χ2v) is 16.2. The van der Waals surface area contributed by atoms with E-state index < -0.39 is 65.5 Å². The lowest BCUT2D eigenvalue weighted by Gasteiger charge is -2.46. The number of rotatable bonds is 10. The molecule has 326 valence electrons. The Hall–Kier alpha value is -7.72. The van der Waals surface area contributed by atoms with E-state index >= 15 is 4.79 Å². The number of hydrogen-bond donors (Lipinski definition) is 3. The number of methoxy groups -OCH3 is 1. The molecule has 1 spiro atoms. The van der Waals surface area contributed by atoms with E-state index in [-0.39, 0.29) is 24.5 Å². The molecule has 12 nitrogen and oxygen atoms in total. The maximum Gasteiger partial charge on any atom is 0.329 e. The third-order valence-electron chi connectivity index (χ3n) is 12.6. The van der Waals surface area contributed by atoms with Gasteiger partial charge in [-0.05, 0) is 89.3 Å². The average Bonchev–Trinajstić information content (AvgIpc) is 3.80. The number of carbonyl (C=O) groups excluding carboxylic acids is 3. The Balaban J connectivity index is 1.30. The van der Waals surface area contributed by atoms with Crippen LogP contribution in [0, 0.1) is 17.8 Å². The number of carboxylic acid groups (broad SMARTS) is 1. The predicted octanol–water partition coefficient (Wildman–Crippen LogP) is 7.69. The summed E-state index contributed by atoms with van der Waals surface area (Å²) in [6.07, 6.45) is -0.939. The number of cyclic esters (lactones) is 1. The summed E-state index contributed by atoms with van der Waals surface area (Å²) in [7, 11) is 1.57. The van der Waals surface area contributed by atoms with Crippen molar-refractivity contribution in [3.63, 3.8) is 0 Å². The Morgan fingerprint density at radius 1 is 0.754 bits per heavy atom. The number of aliphatic carboxylic acids is 1. The standard InChI is InChI=1S/C53H45N3O9/c1-33(36-12-6-3-7-13-36)54-52(62)55-43-29-22-35(19-18-34-20-25-40(63-2)26-21-34)32-42(43)53(51(55)61)44(49(58)59)46-50(60)65-47(38-16-10-5-11-17-38)45(37-14-8-4-9-15-37)56(46)48(53)39-23-27-41(28-24-39)64-31-30-57/h3-17,20-29,32-33,44-48,57H,30-31H2,1-2H3,(H,54,62)(H,58,59)/t33-,44-,45-,46-,47+,48+,53-/m1/s1. The highest BCUT2D eigenvalue weighted by atomic mass is 16.6. The molecule has 0 saturated carbocycles. The zero-order valence-corrected chi connectivity index (χ0v) is 35.5. The van der Waals surface area contributed by atoms with Crippen molar-refractivity contribution in [1.29, 1.82) is 0 Å². The normalized spacial score (nSPS) is 22.5. The fourth-order valence-electron chi connectivity index (χ4n) is 9.77. The summed E-state index contributed by atoms with van der Waals surface area (Å²) in [5, 5.41) is 24.2. The molecular formula is C53H45N3O9. The number of carboxylic acids is 1. The van der Waals surface area contributed by atoms with Gasteiger partial charge in [0.1, 0.15) is 41.6 Å². The number of imide groups is 1. The number of hydrogen-bond acceptors (Lipinski definition) is 9. The zero-order chi connectivity index (χ0) is 45.2. The molecule has 2 fully saturated rings. The maximum atomic E-state index is 16.2. The van der Waals surface area contributed by atoms with Crippen LogP contribution in [0.2, 0.25) is 0 Å². The number of fused-ring (bicyclic) bond motifs is 3. The second kappa shape index (κ2) is 17.8. The van der Waals surface area contributed by atoms with Crippen LogP contribution in [0.1, 0.15) is 70.1 Å². The number of carbonyl (C=O) groups is 4. The Morgan fingerprint density at radius 3 is 1.98 bits per heavy atom. The van der Waals surface area contributed by atoms with Crippen molar-refractivity contribution in [2.24, 2.45) is 5.92 Å². The van der Waals surface area contributed by atoms with E-state index in [0.29, 0.717) is 39.3 Å². The summed E-state index contributed by atoms with van der Waals surface area (Å²) in [6, 6.07) is 42.0. The third kappa shape index (κ3) is 7.54. The van der Waals surface area contributed by atoms with E-state index in [1.54, 1.807) is 68.6 Å². The first-order valence-corrected chi connectivity index (χ1v) is 21.3. The minimum Gasteiger partial charge on any atom is -0.497 e. The van der Waals surface area contributed by atoms with E-state index in [0.717, 1.165) is 10.5 Å². The summed E-state index contributed by atoms with van der Waals surface area (Å²) in [5.41, 5.74) is 2.00. The van der Waals surface area contributed by atoms with Crippen molar-refractivity contribution < 1.29 is 43.6 Å². The molecule has 0 aliphatic carbocycles. The monoisotopic (exact) mass is 867 g/mol. The molecule has 6 aromatic carbocycles. The van der Waals surface area contributed by atoms with E-state index in [1.165, 1.54) is 0 Å². The summed E-state index contributed by atoms with van der Waals surface area (Å²) >= 11 is 0. The Kier molecular flexibility index (Phi) is 11.7. The lowest BCUT2D eigenvalue weighted by Crippen LogP contribution is -2.54. The molecule has 2 saturated heterocycles. The maximum absolute atomic E-state index is 16.2. The first-order valence-electron chi connectivity index (χ1n) is 21.3. The number of esters is 1. The molecule has 6 aromatic rings. The average molecular weight is 868 g/mol. The fourth-order valence-corrected chi connectivity index (χ4v) is 9.77. The van der Waals surface area contributed by atoms with E-state index in [1.807, 2.05) is 108 Å². The smallest absolute Gasteiger partial charge is 0.329 e. The molecule has 0 bridgehead atoms. The summed E-state index contributed by atoms with van der Waals surface area (Å²) in [5.74, 6) is 2.58. The molecular weight excluding hydrogens is 823 g/mol. The molecule has 65 heavy (non-hydrogen) atoms. The van der Waals surface area contributed by atoms with Gasteiger partial charge in [-0.1, -0.05) is 115 Å². The molecule has 9 rings (SSSR count). The van der Waals surface area contributed by atoms with Gasteiger partial charge in [0.15, 0.2) is 0 Å². The first-order chi connectivity index (χ1) is 31.6. The van der Waals surface area contributed by atoms with Crippen molar-refractivity contribution in [2.45, 2.75) is 42.6 Å². The van der Waals surface area contributed by atoms with Crippen LogP contribution in [0.25, 0.3) is 0 Å². The van der Waals surface area contributed by atoms with Gasteiger partial charge in [0.2, 0.25) is 5.91 Å². The molecule has 3 N–H and O–H groups in total. The number of urea groups is 1. The second-order valence-electron chi connectivity index (χ2n) is 16.2. The lowest BCUT2D eigenvalue weighted by molar-refractivity contribution is -0.179. The van der Waals surface area contributed by atoms with Gasteiger partial charge < -0.3 is 29.7 Å². The van der Waals surface area contributed by atoms with Crippen LogP contribution in [0.5, 0.6) is 11.5 Å². The highest BCUT2D eigenvalue weighted by Crippen LogP contribution is 2.66. The minimum atomic E-state index is -2.14. The molecule has 0 radical (unpaired) electrons. The molecule has 3 heterocycles. The van der Waals surface area contributed by atoms with E-state index in [2.05, 4.69) is 17.2 Å². The first kappa shape index (κ1) is 42.6. The molecule has 0 unspecified atom stereocenters. The number of aliphatic hydroxyl groups is 1. The number of amides is 3. The van der Waals surface area contributed by atoms with Crippen molar-refractivity contribution in [1.82, 2.24) is 10.2 Å². The highest BCUT2D eigenvalue weighted by molar-refractivity contribution is 6.24. The summed E-state index contributed by atoms with van der Waals surface area (Å²) in [4.78, 5) is 63.1. The topological polar surface area (TPSA) is 155 Å². The largest absolute Gasteiger partial charge is 0.497 e. The van der Waals surface area contributed by atoms with Crippen molar-refractivity contribution >= 4 is 29.6 Å². The molecule has 0 aromatic heterocycles. The number of morpholine rings is 1. The summed E-state index contributed by atoms with van der Waals surface area (Å²) < 4.78 is 17.5. The number of ether oxygens (including phenoxy) is 3. The van der Waals surface area contributed by atoms with Crippen LogP contribution >= 0.6 is 0 Å². The number of nitrogens with one attached hydrogen (secondary N) is 1. The van der Waals surface area contributed by atoms with Crippen LogP contribution in [0.4, 0.5) is 10.5 Å². The Labute approximate surface area is 376 Å². The highest BCUT2D eigenvalue weighted by Gasteiger charge is 2.76. The van der Waals surface area contributed by atoms with E-state index in [4.69, 9.17) is 14.2 Å². The number of nitrogens with zero attached hydrogens (tertiary/aromatic N) is 2. The van der Waals surface area contributed by atoms with Crippen LogP contribution in [-0.2, 0) is 24.5 Å².